The molecule has 5 nitrogen and oxygen atoms in total. The van der Waals surface area contributed by atoms with Gasteiger partial charge >= 0.3 is 0 Å². The van der Waals surface area contributed by atoms with Gasteiger partial charge in [-0.15, -0.1) is 11.3 Å². The van der Waals surface area contributed by atoms with Crippen molar-refractivity contribution in [3.05, 3.63) is 82.8 Å². The molecule has 30 heavy (non-hydrogen) atoms. The number of allylic oxidation sites excluding steroid dienone is 6. The zero-order valence-electron chi connectivity index (χ0n) is 17.1. The van der Waals surface area contributed by atoms with Gasteiger partial charge < -0.3 is 10.2 Å². The van der Waals surface area contributed by atoms with Gasteiger partial charge in [0.05, 0.1) is 20.9 Å². The van der Waals surface area contributed by atoms with Gasteiger partial charge in [-0.3, -0.25) is 9.69 Å². The molecule has 1 aromatic carbocycles. The van der Waals surface area contributed by atoms with Gasteiger partial charge in [0.25, 0.3) is 5.91 Å². The Kier molecular flexibility index (Phi) is 4.89. The van der Waals surface area contributed by atoms with Gasteiger partial charge in [0.1, 0.15) is 0 Å². The number of benzene rings is 1. The molecule has 1 aromatic heterocycles. The summed E-state index contributed by atoms with van der Waals surface area (Å²) in [6.45, 7) is 7.04. The van der Waals surface area contributed by atoms with Crippen molar-refractivity contribution in [3.63, 3.8) is 0 Å². The van der Waals surface area contributed by atoms with Crippen LogP contribution in [0.2, 0.25) is 0 Å². The molecule has 6 heteroatoms. The summed E-state index contributed by atoms with van der Waals surface area (Å²) in [5, 5.41) is 4.51. The second-order valence-corrected chi connectivity index (χ2v) is 9.10. The molecular formula is C24H24N4OS. The Morgan fingerprint density at radius 1 is 1.20 bits per heavy atom. The van der Waals surface area contributed by atoms with Gasteiger partial charge in [0.15, 0.2) is 0 Å². The van der Waals surface area contributed by atoms with Gasteiger partial charge in [0.2, 0.25) is 0 Å². The average Bonchev–Trinajstić information content (AvgIpc) is 3.11. The van der Waals surface area contributed by atoms with Crippen LogP contribution in [0, 0.1) is 6.92 Å². The molecule has 1 atom stereocenters. The Balaban J connectivity index is 1.47. The van der Waals surface area contributed by atoms with E-state index in [2.05, 4.69) is 34.3 Å². The summed E-state index contributed by atoms with van der Waals surface area (Å²) in [4.78, 5) is 21.8. The second-order valence-electron chi connectivity index (χ2n) is 7.86. The molecule has 2 aromatic rings. The predicted molar refractivity (Wildman–Crippen MR) is 123 cm³/mol. The number of nitrogens with zero attached hydrogens (tertiary/aromatic N) is 3. The molecule has 1 fully saturated rings. The number of aromatic nitrogens is 1. The van der Waals surface area contributed by atoms with E-state index in [1.54, 1.807) is 22.3 Å². The quantitative estimate of drug-likeness (QED) is 0.805. The fraction of sp³-hybridized carbons (Fsp3) is 0.250. The number of hydrogen-bond donors (Lipinski definition) is 1. The summed E-state index contributed by atoms with van der Waals surface area (Å²) in [6, 6.07) is 6.62. The lowest BCUT2D eigenvalue weighted by atomic mass is 10.0. The maximum Gasteiger partial charge on any atom is 0.255 e. The van der Waals surface area contributed by atoms with E-state index in [9.17, 15) is 4.79 Å². The molecule has 152 valence electrons. The smallest absolute Gasteiger partial charge is 0.255 e. The lowest BCUT2D eigenvalue weighted by Gasteiger charge is -2.36. The molecule has 3 aliphatic heterocycles. The van der Waals surface area contributed by atoms with E-state index in [4.69, 9.17) is 0 Å². The van der Waals surface area contributed by atoms with E-state index in [0.717, 1.165) is 57.4 Å². The van der Waals surface area contributed by atoms with Gasteiger partial charge in [0, 0.05) is 43.6 Å². The van der Waals surface area contributed by atoms with Crippen molar-refractivity contribution in [2.24, 2.45) is 0 Å². The number of hydrogen-bond acceptors (Lipinski definition) is 5. The minimum atomic E-state index is -0.0359. The van der Waals surface area contributed by atoms with Crippen LogP contribution in [0.5, 0.6) is 0 Å². The van der Waals surface area contributed by atoms with Crippen LogP contribution in [-0.4, -0.2) is 46.4 Å². The molecular weight excluding hydrogens is 392 g/mol. The molecule has 3 aliphatic rings. The molecule has 1 N–H and O–H groups in total. The third-order valence-electron chi connectivity index (χ3n) is 5.59. The third-order valence-corrected chi connectivity index (χ3v) is 6.52. The van der Waals surface area contributed by atoms with E-state index in [0.29, 0.717) is 6.04 Å². The Hall–Kier alpha value is -2.96. The first kappa shape index (κ1) is 19.0. The first-order valence-corrected chi connectivity index (χ1v) is 11.1. The molecule has 1 amide bonds. The van der Waals surface area contributed by atoms with Crippen molar-refractivity contribution in [1.29, 1.82) is 0 Å². The average molecular weight is 417 g/mol. The lowest BCUT2D eigenvalue weighted by molar-refractivity contribution is -0.122. The Bertz CT molecular complexity index is 1170. The number of carbonyl (C=O) groups excluding carboxylic acids is 1. The highest BCUT2D eigenvalue weighted by Crippen LogP contribution is 2.29. The Morgan fingerprint density at radius 2 is 2.07 bits per heavy atom. The maximum absolute atomic E-state index is 13.2. The van der Waals surface area contributed by atoms with Gasteiger partial charge in [-0.05, 0) is 55.3 Å². The van der Waals surface area contributed by atoms with Gasteiger partial charge in [-0.1, -0.05) is 18.2 Å². The largest absolute Gasteiger partial charge is 0.368 e. The van der Waals surface area contributed by atoms with Crippen molar-refractivity contribution >= 4 is 33.0 Å². The van der Waals surface area contributed by atoms with Crippen LogP contribution in [0.4, 0.5) is 0 Å². The zero-order valence-corrected chi connectivity index (χ0v) is 17.9. The van der Waals surface area contributed by atoms with Gasteiger partial charge in [-0.25, -0.2) is 4.98 Å². The van der Waals surface area contributed by atoms with Crippen molar-refractivity contribution in [1.82, 2.24) is 20.1 Å². The van der Waals surface area contributed by atoms with Gasteiger partial charge in [-0.2, -0.15) is 0 Å². The molecule has 5 rings (SSSR count). The molecule has 4 heterocycles. The van der Waals surface area contributed by atoms with Crippen LogP contribution in [0.3, 0.4) is 0 Å². The molecule has 0 bridgehead atoms. The normalized spacial score (nSPS) is 26.3. The zero-order chi connectivity index (χ0) is 20.7. The first-order chi connectivity index (χ1) is 14.6. The standard InChI is InChI=1S/C24H24N4OS/c1-16-14-27(11-10-25-16)21-8-7-20-5-3-4-18(13-24(29)28(20)15-21)19-6-9-22-23(12-19)30-17(2)26-22/h3-9,12-13,15-16,25H,10-11,14H2,1-2H3/b4-3+,18-13+,20-5+/t16-/m0/s1. The SMILES string of the molecule is Cc1nc2ccc(C3=C\C(=O)N4C=C(N5CCN[C@@H](C)C5)C=C\C4=C/C=C/3)cc2s1. The number of rotatable bonds is 2. The van der Waals surface area contributed by atoms with Crippen LogP contribution in [0.25, 0.3) is 15.8 Å². The minimum Gasteiger partial charge on any atom is -0.368 e. The third kappa shape index (κ3) is 3.64. The number of amides is 1. The van der Waals surface area contributed by atoms with E-state index in [1.165, 1.54) is 0 Å². The topological polar surface area (TPSA) is 48.5 Å². The maximum atomic E-state index is 13.2. The van der Waals surface area contributed by atoms with E-state index in [1.807, 2.05) is 49.6 Å². The highest BCUT2D eigenvalue weighted by atomic mass is 32.1. The molecule has 0 aliphatic carbocycles. The van der Waals surface area contributed by atoms with E-state index in [-0.39, 0.29) is 5.91 Å². The summed E-state index contributed by atoms with van der Waals surface area (Å²) >= 11 is 1.68. The number of piperazine rings is 1. The molecule has 0 radical (unpaired) electrons. The number of fused-ring (bicyclic) bond motifs is 2. The number of carbonyl (C=O) groups is 1. The minimum absolute atomic E-state index is 0.0359. The Labute approximate surface area is 180 Å². The van der Waals surface area contributed by atoms with Crippen molar-refractivity contribution in [2.75, 3.05) is 19.6 Å². The molecule has 0 spiro atoms. The predicted octanol–water partition coefficient (Wildman–Crippen LogP) is 3.98. The van der Waals surface area contributed by atoms with E-state index >= 15 is 0 Å². The summed E-state index contributed by atoms with van der Waals surface area (Å²) in [6.07, 6.45) is 13.8. The fourth-order valence-corrected chi connectivity index (χ4v) is 4.95. The Morgan fingerprint density at radius 3 is 2.93 bits per heavy atom. The second kappa shape index (κ2) is 7.70. The van der Waals surface area contributed by atoms with Crippen LogP contribution in [-0.2, 0) is 4.79 Å². The first-order valence-electron chi connectivity index (χ1n) is 10.3. The van der Waals surface area contributed by atoms with Crippen molar-refractivity contribution < 1.29 is 4.79 Å². The van der Waals surface area contributed by atoms with Crippen LogP contribution in [0.15, 0.2) is 72.2 Å². The highest BCUT2D eigenvalue weighted by Gasteiger charge is 2.23. The number of thiazole rings is 1. The summed E-state index contributed by atoms with van der Waals surface area (Å²) in [5.41, 5.74) is 4.90. The molecule has 0 saturated carbocycles. The molecule has 0 unspecified atom stereocenters. The lowest BCUT2D eigenvalue weighted by Crippen LogP contribution is -2.48. The monoisotopic (exact) mass is 416 g/mol. The number of nitrogens with one attached hydrogen (secondary N) is 1. The fourth-order valence-electron chi connectivity index (χ4n) is 4.08. The summed E-state index contributed by atoms with van der Waals surface area (Å²) < 4.78 is 1.14. The number of aryl methyl sites for hydroxylation is 1. The van der Waals surface area contributed by atoms with E-state index < -0.39 is 0 Å². The van der Waals surface area contributed by atoms with Crippen LogP contribution >= 0.6 is 11.3 Å². The van der Waals surface area contributed by atoms with Crippen molar-refractivity contribution in [2.45, 2.75) is 19.9 Å². The summed E-state index contributed by atoms with van der Waals surface area (Å²) in [7, 11) is 0. The van der Waals surface area contributed by atoms with Crippen molar-refractivity contribution in [3.8, 4) is 0 Å². The molecule has 1 saturated heterocycles. The van der Waals surface area contributed by atoms with Crippen LogP contribution in [0.1, 0.15) is 17.5 Å². The summed E-state index contributed by atoms with van der Waals surface area (Å²) in [5.74, 6) is -0.0359. The van der Waals surface area contributed by atoms with Crippen LogP contribution < -0.4 is 5.32 Å². The highest BCUT2D eigenvalue weighted by molar-refractivity contribution is 7.18.